The molecule has 0 spiro atoms. The summed E-state index contributed by atoms with van der Waals surface area (Å²) < 4.78 is 0. The SMILES string of the molecule is Cl.O=C(CCC1CCCCC1)N1CCC(NCC2CC2)CC1. The van der Waals surface area contributed by atoms with Gasteiger partial charge in [-0.25, -0.2) is 0 Å². The van der Waals surface area contributed by atoms with E-state index >= 15 is 0 Å². The molecular formula is C18H33ClN2O. The molecule has 0 radical (unpaired) electrons. The summed E-state index contributed by atoms with van der Waals surface area (Å²) in [5.74, 6) is 2.21. The van der Waals surface area contributed by atoms with Gasteiger partial charge in [-0.15, -0.1) is 12.4 Å². The van der Waals surface area contributed by atoms with E-state index in [0.717, 1.165) is 50.6 Å². The number of carbonyl (C=O) groups is 1. The number of rotatable bonds is 6. The Hall–Kier alpha value is -0.280. The second-order valence-electron chi connectivity index (χ2n) is 7.55. The zero-order chi connectivity index (χ0) is 14.5. The maximum Gasteiger partial charge on any atom is 0.222 e. The molecule has 1 N–H and O–H groups in total. The number of carbonyl (C=O) groups excluding carboxylic acids is 1. The largest absolute Gasteiger partial charge is 0.343 e. The number of hydrogen-bond acceptors (Lipinski definition) is 2. The zero-order valence-corrected chi connectivity index (χ0v) is 14.7. The van der Waals surface area contributed by atoms with Crippen LogP contribution < -0.4 is 5.32 Å². The van der Waals surface area contributed by atoms with Crippen molar-refractivity contribution in [3.63, 3.8) is 0 Å². The Kier molecular flexibility index (Phi) is 7.49. The molecule has 1 aliphatic heterocycles. The van der Waals surface area contributed by atoms with Gasteiger partial charge in [-0.1, -0.05) is 32.1 Å². The van der Waals surface area contributed by atoms with Crippen LogP contribution >= 0.6 is 12.4 Å². The molecule has 4 heteroatoms. The minimum atomic E-state index is 0. The van der Waals surface area contributed by atoms with E-state index in [0.29, 0.717) is 11.9 Å². The van der Waals surface area contributed by atoms with Gasteiger partial charge in [0.15, 0.2) is 0 Å². The fourth-order valence-electron chi connectivity index (χ4n) is 3.95. The van der Waals surface area contributed by atoms with Crippen LogP contribution in [0, 0.1) is 11.8 Å². The molecule has 0 aromatic carbocycles. The molecule has 0 bridgehead atoms. The second-order valence-corrected chi connectivity index (χ2v) is 7.55. The molecule has 22 heavy (non-hydrogen) atoms. The molecule has 2 saturated carbocycles. The fourth-order valence-corrected chi connectivity index (χ4v) is 3.95. The highest BCUT2D eigenvalue weighted by molar-refractivity contribution is 5.85. The van der Waals surface area contributed by atoms with Crippen molar-refractivity contribution in [1.82, 2.24) is 10.2 Å². The zero-order valence-electron chi connectivity index (χ0n) is 13.9. The molecule has 1 heterocycles. The van der Waals surface area contributed by atoms with E-state index in [9.17, 15) is 4.79 Å². The number of halogens is 1. The maximum atomic E-state index is 12.3. The number of nitrogens with zero attached hydrogens (tertiary/aromatic N) is 1. The van der Waals surface area contributed by atoms with Crippen molar-refractivity contribution in [3.8, 4) is 0 Å². The van der Waals surface area contributed by atoms with Crippen molar-refractivity contribution in [2.45, 2.75) is 76.7 Å². The molecule has 0 atom stereocenters. The van der Waals surface area contributed by atoms with E-state index in [1.54, 1.807) is 0 Å². The first-order valence-corrected chi connectivity index (χ1v) is 9.32. The second kappa shape index (κ2) is 9.12. The lowest BCUT2D eigenvalue weighted by Crippen LogP contribution is -2.45. The molecule has 3 fully saturated rings. The van der Waals surface area contributed by atoms with Gasteiger partial charge in [-0.2, -0.15) is 0 Å². The molecule has 0 unspecified atom stereocenters. The van der Waals surface area contributed by atoms with Crippen LogP contribution in [0.1, 0.15) is 70.6 Å². The van der Waals surface area contributed by atoms with Gasteiger partial charge in [0.2, 0.25) is 5.91 Å². The van der Waals surface area contributed by atoms with Crippen LogP contribution in [0.2, 0.25) is 0 Å². The summed E-state index contributed by atoms with van der Waals surface area (Å²) in [5, 5.41) is 3.69. The summed E-state index contributed by atoms with van der Waals surface area (Å²) >= 11 is 0. The van der Waals surface area contributed by atoms with Crippen LogP contribution in [0.5, 0.6) is 0 Å². The van der Waals surface area contributed by atoms with Gasteiger partial charge in [0, 0.05) is 25.6 Å². The lowest BCUT2D eigenvalue weighted by Gasteiger charge is -2.33. The van der Waals surface area contributed by atoms with E-state index in [2.05, 4.69) is 10.2 Å². The molecule has 3 aliphatic rings. The molecule has 2 aliphatic carbocycles. The lowest BCUT2D eigenvalue weighted by molar-refractivity contribution is -0.132. The fraction of sp³-hybridized carbons (Fsp3) is 0.944. The van der Waals surface area contributed by atoms with E-state index in [1.807, 2.05) is 0 Å². The number of piperidine rings is 1. The predicted octanol–water partition coefficient (Wildman–Crippen LogP) is 3.76. The molecule has 1 saturated heterocycles. The summed E-state index contributed by atoms with van der Waals surface area (Å²) in [6.45, 7) is 3.16. The Morgan fingerprint density at radius 1 is 0.909 bits per heavy atom. The number of nitrogens with one attached hydrogen (secondary N) is 1. The summed E-state index contributed by atoms with van der Waals surface area (Å²) in [6, 6.07) is 0.660. The van der Waals surface area contributed by atoms with Crippen molar-refractivity contribution < 1.29 is 4.79 Å². The van der Waals surface area contributed by atoms with Gasteiger partial charge in [-0.3, -0.25) is 4.79 Å². The van der Waals surface area contributed by atoms with Gasteiger partial charge in [0.25, 0.3) is 0 Å². The minimum absolute atomic E-state index is 0. The van der Waals surface area contributed by atoms with Gasteiger partial charge < -0.3 is 10.2 Å². The molecule has 1 amide bonds. The first kappa shape index (κ1) is 18.1. The predicted molar refractivity (Wildman–Crippen MR) is 93.4 cm³/mol. The van der Waals surface area contributed by atoms with Crippen molar-refractivity contribution in [1.29, 1.82) is 0 Å². The highest BCUT2D eigenvalue weighted by atomic mass is 35.5. The number of hydrogen-bond donors (Lipinski definition) is 1. The average Bonchev–Trinajstić information content (AvgIpc) is 3.36. The van der Waals surface area contributed by atoms with Crippen molar-refractivity contribution in [2.24, 2.45) is 11.8 Å². The van der Waals surface area contributed by atoms with Gasteiger partial charge in [0.1, 0.15) is 0 Å². The van der Waals surface area contributed by atoms with Crippen molar-refractivity contribution >= 4 is 18.3 Å². The summed E-state index contributed by atoms with van der Waals surface area (Å²) in [6.07, 6.45) is 14.0. The van der Waals surface area contributed by atoms with Gasteiger partial charge in [-0.05, 0) is 50.5 Å². The monoisotopic (exact) mass is 328 g/mol. The van der Waals surface area contributed by atoms with Crippen LogP contribution in [0.25, 0.3) is 0 Å². The molecule has 3 rings (SSSR count). The van der Waals surface area contributed by atoms with Crippen LogP contribution in [0.4, 0.5) is 0 Å². The van der Waals surface area contributed by atoms with E-state index in [4.69, 9.17) is 0 Å². The topological polar surface area (TPSA) is 32.3 Å². The first-order chi connectivity index (χ1) is 10.3. The van der Waals surface area contributed by atoms with Gasteiger partial charge in [0.05, 0.1) is 0 Å². The molecule has 0 aromatic heterocycles. The van der Waals surface area contributed by atoms with E-state index < -0.39 is 0 Å². The van der Waals surface area contributed by atoms with Crippen molar-refractivity contribution in [2.75, 3.05) is 19.6 Å². The summed E-state index contributed by atoms with van der Waals surface area (Å²) in [4.78, 5) is 14.5. The molecule has 3 nitrogen and oxygen atoms in total. The standard InChI is InChI=1S/C18H32N2O.ClH/c21-18(9-8-15-4-2-1-3-5-15)20-12-10-17(11-13-20)19-14-16-6-7-16;/h15-17,19H,1-14H2;1H. The van der Waals surface area contributed by atoms with E-state index in [1.165, 1.54) is 51.5 Å². The highest BCUT2D eigenvalue weighted by Crippen LogP contribution is 2.29. The number of amides is 1. The normalized spacial score (nSPS) is 24.1. The van der Waals surface area contributed by atoms with E-state index in [-0.39, 0.29) is 12.4 Å². The summed E-state index contributed by atoms with van der Waals surface area (Å²) in [7, 11) is 0. The number of likely N-dealkylation sites (tertiary alicyclic amines) is 1. The first-order valence-electron chi connectivity index (χ1n) is 9.32. The van der Waals surface area contributed by atoms with Crippen LogP contribution in [0.15, 0.2) is 0 Å². The third kappa shape index (κ3) is 5.73. The Morgan fingerprint density at radius 2 is 1.59 bits per heavy atom. The van der Waals surface area contributed by atoms with Crippen LogP contribution in [-0.2, 0) is 4.79 Å². The van der Waals surface area contributed by atoms with Crippen LogP contribution in [0.3, 0.4) is 0 Å². The van der Waals surface area contributed by atoms with Crippen molar-refractivity contribution in [3.05, 3.63) is 0 Å². The van der Waals surface area contributed by atoms with Gasteiger partial charge >= 0.3 is 0 Å². The molecular weight excluding hydrogens is 296 g/mol. The highest BCUT2D eigenvalue weighted by Gasteiger charge is 2.26. The minimum Gasteiger partial charge on any atom is -0.343 e. The molecule has 0 aromatic rings. The smallest absolute Gasteiger partial charge is 0.222 e. The average molecular weight is 329 g/mol. The summed E-state index contributed by atoms with van der Waals surface area (Å²) in [5.41, 5.74) is 0. The van der Waals surface area contributed by atoms with Crippen LogP contribution in [-0.4, -0.2) is 36.5 Å². The lowest BCUT2D eigenvalue weighted by atomic mass is 9.86. The Balaban J connectivity index is 0.00000176. The quantitative estimate of drug-likeness (QED) is 0.805. The third-order valence-corrected chi connectivity index (χ3v) is 5.73. The Labute approximate surface area is 142 Å². The molecule has 128 valence electrons. The maximum absolute atomic E-state index is 12.3. The third-order valence-electron chi connectivity index (χ3n) is 5.73. The Morgan fingerprint density at radius 3 is 2.23 bits per heavy atom. The Bertz CT molecular complexity index is 332.